The second-order valence-corrected chi connectivity index (χ2v) is 4.32. The van der Waals surface area contributed by atoms with Gasteiger partial charge >= 0.3 is 0 Å². The first kappa shape index (κ1) is 14.8. The van der Waals surface area contributed by atoms with Crippen molar-refractivity contribution in [2.24, 2.45) is 0 Å². The molecule has 4 nitrogen and oxygen atoms in total. The molecule has 0 unspecified atom stereocenters. The van der Waals surface area contributed by atoms with E-state index in [4.69, 9.17) is 16.3 Å². The summed E-state index contributed by atoms with van der Waals surface area (Å²) in [5.74, 6) is -0.415. The summed E-state index contributed by atoms with van der Waals surface area (Å²) in [7, 11) is 0. The van der Waals surface area contributed by atoms with Crippen molar-refractivity contribution in [3.63, 3.8) is 0 Å². The second kappa shape index (κ2) is 7.95. The van der Waals surface area contributed by atoms with Gasteiger partial charge in [-0.15, -0.1) is 0 Å². The van der Waals surface area contributed by atoms with E-state index >= 15 is 0 Å². The number of carbonyl (C=O) groups excluding carboxylic acids is 1. The zero-order valence-corrected chi connectivity index (χ0v) is 11.2. The summed E-state index contributed by atoms with van der Waals surface area (Å²) in [4.78, 5) is 11.7. The quantitative estimate of drug-likeness (QED) is 0.750. The molecule has 0 saturated heterocycles. The van der Waals surface area contributed by atoms with E-state index in [-0.39, 0.29) is 17.2 Å². The van der Waals surface area contributed by atoms with Crippen molar-refractivity contribution in [2.45, 2.75) is 19.8 Å². The maximum atomic E-state index is 11.7. The summed E-state index contributed by atoms with van der Waals surface area (Å²) in [6, 6.07) is 4.42. The molecule has 0 atom stereocenters. The molecular weight excluding hydrogens is 254 g/mol. The number of benzene rings is 1. The Balaban J connectivity index is 2.32. The van der Waals surface area contributed by atoms with Crippen LogP contribution in [-0.4, -0.2) is 30.8 Å². The molecule has 0 aliphatic rings. The van der Waals surface area contributed by atoms with Gasteiger partial charge in [0.25, 0.3) is 5.91 Å². The first-order valence-electron chi connectivity index (χ1n) is 5.99. The molecule has 1 aromatic carbocycles. The number of carbonyl (C=O) groups is 1. The van der Waals surface area contributed by atoms with Crippen molar-refractivity contribution in [1.82, 2.24) is 5.32 Å². The molecule has 100 valence electrons. The van der Waals surface area contributed by atoms with Gasteiger partial charge in [-0.25, -0.2) is 0 Å². The minimum Gasteiger partial charge on any atom is -0.507 e. The van der Waals surface area contributed by atoms with Crippen LogP contribution in [-0.2, 0) is 4.74 Å². The second-order valence-electron chi connectivity index (χ2n) is 3.88. The monoisotopic (exact) mass is 271 g/mol. The van der Waals surface area contributed by atoms with Crippen molar-refractivity contribution in [1.29, 1.82) is 0 Å². The van der Waals surface area contributed by atoms with Crippen LogP contribution < -0.4 is 5.32 Å². The Kier molecular flexibility index (Phi) is 6.54. The lowest BCUT2D eigenvalue weighted by Gasteiger charge is -2.07. The maximum Gasteiger partial charge on any atom is 0.255 e. The van der Waals surface area contributed by atoms with E-state index in [1.54, 1.807) is 6.07 Å². The predicted molar refractivity (Wildman–Crippen MR) is 71.2 cm³/mol. The number of hydrogen-bond donors (Lipinski definition) is 2. The van der Waals surface area contributed by atoms with Crippen molar-refractivity contribution < 1.29 is 14.6 Å². The van der Waals surface area contributed by atoms with Crippen LogP contribution in [0.15, 0.2) is 18.2 Å². The highest BCUT2D eigenvalue weighted by Gasteiger charge is 2.10. The predicted octanol–water partition coefficient (Wildman–Crippen LogP) is 2.59. The first-order chi connectivity index (χ1) is 8.65. The molecule has 0 fully saturated rings. The van der Waals surface area contributed by atoms with Gasteiger partial charge in [0.1, 0.15) is 5.75 Å². The van der Waals surface area contributed by atoms with Crippen molar-refractivity contribution in [2.75, 3.05) is 19.8 Å². The van der Waals surface area contributed by atoms with Gasteiger partial charge in [-0.2, -0.15) is 0 Å². The van der Waals surface area contributed by atoms with E-state index in [0.717, 1.165) is 19.4 Å². The highest BCUT2D eigenvalue weighted by atomic mass is 35.5. The molecule has 1 aromatic rings. The molecule has 1 rings (SSSR count). The minimum absolute atomic E-state index is 0.109. The number of phenols is 1. The third kappa shape index (κ3) is 4.94. The summed E-state index contributed by atoms with van der Waals surface area (Å²) in [5, 5.41) is 12.7. The van der Waals surface area contributed by atoms with Gasteiger partial charge in [0.05, 0.1) is 5.56 Å². The number of phenolic OH excluding ortho intramolecular Hbond substituents is 1. The summed E-state index contributed by atoms with van der Waals surface area (Å²) >= 11 is 5.69. The molecule has 0 heterocycles. The fourth-order valence-corrected chi connectivity index (χ4v) is 1.58. The van der Waals surface area contributed by atoms with Gasteiger partial charge < -0.3 is 15.2 Å². The zero-order chi connectivity index (χ0) is 13.4. The van der Waals surface area contributed by atoms with Gasteiger partial charge in [0.15, 0.2) is 0 Å². The lowest BCUT2D eigenvalue weighted by molar-refractivity contribution is 0.0939. The van der Waals surface area contributed by atoms with E-state index in [1.165, 1.54) is 12.1 Å². The minimum atomic E-state index is -0.306. The van der Waals surface area contributed by atoms with E-state index in [1.807, 2.05) is 6.92 Å². The molecule has 5 heteroatoms. The number of rotatable bonds is 7. The van der Waals surface area contributed by atoms with E-state index in [9.17, 15) is 9.90 Å². The fraction of sp³-hybridized carbons (Fsp3) is 0.462. The van der Waals surface area contributed by atoms with Crippen LogP contribution in [0.1, 0.15) is 30.1 Å². The Morgan fingerprint density at radius 1 is 1.44 bits per heavy atom. The molecule has 0 aromatic heterocycles. The molecule has 0 spiro atoms. The lowest BCUT2D eigenvalue weighted by atomic mass is 10.2. The summed E-state index contributed by atoms with van der Waals surface area (Å²) < 4.78 is 5.29. The topological polar surface area (TPSA) is 58.6 Å². The van der Waals surface area contributed by atoms with Crippen LogP contribution >= 0.6 is 11.6 Å². The number of hydrogen-bond acceptors (Lipinski definition) is 3. The molecule has 1 amide bonds. The largest absolute Gasteiger partial charge is 0.507 e. The Labute approximate surface area is 112 Å². The van der Waals surface area contributed by atoms with Crippen LogP contribution in [0.2, 0.25) is 5.02 Å². The third-order valence-electron chi connectivity index (χ3n) is 2.30. The summed E-state index contributed by atoms with van der Waals surface area (Å²) in [6.45, 7) is 3.93. The molecule has 0 aliphatic carbocycles. The maximum absolute atomic E-state index is 11.7. The average molecular weight is 272 g/mol. The van der Waals surface area contributed by atoms with Crippen molar-refractivity contribution >= 4 is 17.5 Å². The fourth-order valence-electron chi connectivity index (χ4n) is 1.41. The number of aromatic hydroxyl groups is 1. The summed E-state index contributed by atoms with van der Waals surface area (Å²) in [6.07, 6.45) is 1.74. The van der Waals surface area contributed by atoms with Crippen molar-refractivity contribution in [3.8, 4) is 5.75 Å². The van der Waals surface area contributed by atoms with Crippen LogP contribution in [0.25, 0.3) is 0 Å². The van der Waals surface area contributed by atoms with Crippen LogP contribution in [0, 0.1) is 0 Å². The Morgan fingerprint density at radius 3 is 2.89 bits per heavy atom. The highest BCUT2D eigenvalue weighted by molar-refractivity contribution is 6.30. The molecule has 18 heavy (non-hydrogen) atoms. The lowest BCUT2D eigenvalue weighted by Crippen LogP contribution is -2.25. The smallest absolute Gasteiger partial charge is 0.255 e. The molecule has 0 radical (unpaired) electrons. The molecular formula is C13H18ClNO3. The molecule has 0 aliphatic heterocycles. The number of ether oxygens (including phenoxy) is 1. The summed E-state index contributed by atoms with van der Waals surface area (Å²) in [5.41, 5.74) is 0.230. The van der Waals surface area contributed by atoms with Gasteiger partial charge in [-0.1, -0.05) is 18.5 Å². The number of halogens is 1. The Morgan fingerprint density at radius 2 is 2.22 bits per heavy atom. The molecule has 0 bridgehead atoms. The Bertz CT molecular complexity index is 396. The SMILES string of the molecule is CCCOCCCNC(=O)c1ccc(Cl)cc1O. The number of nitrogens with one attached hydrogen (secondary N) is 1. The molecule has 2 N–H and O–H groups in total. The van der Waals surface area contributed by atoms with E-state index in [0.29, 0.717) is 18.2 Å². The first-order valence-corrected chi connectivity index (χ1v) is 6.37. The van der Waals surface area contributed by atoms with Crippen molar-refractivity contribution in [3.05, 3.63) is 28.8 Å². The standard InChI is InChI=1S/C13H18ClNO3/c1-2-7-18-8-3-6-15-13(17)11-5-4-10(14)9-12(11)16/h4-5,9,16H,2-3,6-8H2,1H3,(H,15,17). The van der Waals surface area contributed by atoms with Gasteiger partial charge in [-0.05, 0) is 31.0 Å². The van der Waals surface area contributed by atoms with Gasteiger partial charge in [0.2, 0.25) is 0 Å². The van der Waals surface area contributed by atoms with Gasteiger partial charge in [0, 0.05) is 24.8 Å². The van der Waals surface area contributed by atoms with Gasteiger partial charge in [-0.3, -0.25) is 4.79 Å². The van der Waals surface area contributed by atoms with Crippen LogP contribution in [0.3, 0.4) is 0 Å². The van der Waals surface area contributed by atoms with E-state index < -0.39 is 0 Å². The highest BCUT2D eigenvalue weighted by Crippen LogP contribution is 2.21. The number of amides is 1. The third-order valence-corrected chi connectivity index (χ3v) is 2.54. The van der Waals surface area contributed by atoms with Crippen LogP contribution in [0.5, 0.6) is 5.75 Å². The zero-order valence-electron chi connectivity index (χ0n) is 10.4. The average Bonchev–Trinajstić information content (AvgIpc) is 2.33. The Hall–Kier alpha value is -1.26. The normalized spacial score (nSPS) is 10.3. The van der Waals surface area contributed by atoms with Crippen LogP contribution in [0.4, 0.5) is 0 Å². The van der Waals surface area contributed by atoms with E-state index in [2.05, 4.69) is 5.32 Å². The molecule has 0 saturated carbocycles.